The first kappa shape index (κ1) is 26.6. The molecule has 9 heteroatoms. The number of halogens is 1. The van der Waals surface area contributed by atoms with Crippen molar-refractivity contribution in [3.05, 3.63) is 106 Å². The predicted octanol–water partition coefficient (Wildman–Crippen LogP) is 5.03. The summed E-state index contributed by atoms with van der Waals surface area (Å²) in [4.78, 5) is 44.2. The second kappa shape index (κ2) is 11.8. The molecule has 2 heterocycles. The normalized spacial score (nSPS) is 17.2. The van der Waals surface area contributed by atoms with Crippen LogP contribution in [0.2, 0.25) is 0 Å². The van der Waals surface area contributed by atoms with Gasteiger partial charge in [0.1, 0.15) is 11.6 Å². The van der Waals surface area contributed by atoms with E-state index in [1.165, 1.54) is 17.7 Å². The SMILES string of the molecule is COc1ccc(CN2CCN(C(=O)c3cccc(/C=C4\SC(=O)N(Cc5ccc(F)cc5)C4=O)c3)CC2)cc1. The molecule has 3 aromatic rings. The molecule has 3 amide bonds. The summed E-state index contributed by atoms with van der Waals surface area (Å²) in [5.74, 6) is -0.00712. The number of rotatable bonds is 7. The van der Waals surface area contributed by atoms with E-state index in [0.29, 0.717) is 34.7 Å². The number of thioether (sulfide) groups is 1. The van der Waals surface area contributed by atoms with Gasteiger partial charge in [-0.15, -0.1) is 0 Å². The maximum Gasteiger partial charge on any atom is 0.293 e. The van der Waals surface area contributed by atoms with E-state index in [0.717, 1.165) is 42.0 Å². The molecule has 0 atom stereocenters. The number of nitrogens with zero attached hydrogens (tertiary/aromatic N) is 3. The van der Waals surface area contributed by atoms with Gasteiger partial charge >= 0.3 is 0 Å². The Morgan fingerprint density at radius 3 is 2.28 bits per heavy atom. The van der Waals surface area contributed by atoms with E-state index >= 15 is 0 Å². The van der Waals surface area contributed by atoms with Crippen LogP contribution in [0.4, 0.5) is 9.18 Å². The third-order valence-electron chi connectivity index (χ3n) is 6.78. The first-order valence-electron chi connectivity index (χ1n) is 12.6. The van der Waals surface area contributed by atoms with Crippen molar-refractivity contribution in [2.45, 2.75) is 13.1 Å². The van der Waals surface area contributed by atoms with Gasteiger partial charge in [-0.3, -0.25) is 24.2 Å². The summed E-state index contributed by atoms with van der Waals surface area (Å²) < 4.78 is 18.4. The van der Waals surface area contributed by atoms with Gasteiger partial charge in [0, 0.05) is 38.3 Å². The molecule has 2 saturated heterocycles. The molecule has 0 spiro atoms. The summed E-state index contributed by atoms with van der Waals surface area (Å²) in [5.41, 5.74) is 3.08. The molecule has 200 valence electrons. The Labute approximate surface area is 230 Å². The van der Waals surface area contributed by atoms with Gasteiger partial charge in [-0.1, -0.05) is 36.4 Å². The molecule has 0 aliphatic carbocycles. The Balaban J connectivity index is 1.20. The Morgan fingerprint density at radius 1 is 0.923 bits per heavy atom. The van der Waals surface area contributed by atoms with E-state index in [1.807, 2.05) is 17.0 Å². The largest absolute Gasteiger partial charge is 0.497 e. The minimum Gasteiger partial charge on any atom is -0.497 e. The number of hydrogen-bond acceptors (Lipinski definition) is 6. The maximum atomic E-state index is 13.2. The van der Waals surface area contributed by atoms with Gasteiger partial charge in [-0.25, -0.2) is 4.39 Å². The third-order valence-corrected chi connectivity index (χ3v) is 7.69. The molecule has 2 aliphatic heterocycles. The van der Waals surface area contributed by atoms with Crippen LogP contribution in [0, 0.1) is 5.82 Å². The fourth-order valence-corrected chi connectivity index (χ4v) is 5.44. The van der Waals surface area contributed by atoms with E-state index in [1.54, 1.807) is 49.6 Å². The predicted molar refractivity (Wildman–Crippen MR) is 149 cm³/mol. The lowest BCUT2D eigenvalue weighted by Gasteiger charge is -2.34. The first-order valence-corrected chi connectivity index (χ1v) is 13.5. The number of piperazine rings is 1. The van der Waals surface area contributed by atoms with E-state index in [-0.39, 0.29) is 23.5 Å². The van der Waals surface area contributed by atoms with Crippen LogP contribution in [0.25, 0.3) is 6.08 Å². The van der Waals surface area contributed by atoms with E-state index in [9.17, 15) is 18.8 Å². The number of hydrogen-bond donors (Lipinski definition) is 0. The molecule has 0 aromatic heterocycles. The van der Waals surface area contributed by atoms with Crippen LogP contribution >= 0.6 is 11.8 Å². The summed E-state index contributed by atoms with van der Waals surface area (Å²) in [7, 11) is 1.65. The van der Waals surface area contributed by atoms with Crippen LogP contribution in [0.1, 0.15) is 27.0 Å². The van der Waals surface area contributed by atoms with Crippen LogP contribution in [-0.4, -0.2) is 65.0 Å². The van der Waals surface area contributed by atoms with Crippen molar-refractivity contribution in [2.75, 3.05) is 33.3 Å². The molecule has 0 bridgehead atoms. The maximum absolute atomic E-state index is 13.2. The summed E-state index contributed by atoms with van der Waals surface area (Å²) in [5, 5.41) is -0.379. The molecule has 39 heavy (non-hydrogen) atoms. The number of carbonyl (C=O) groups is 3. The Hall–Kier alpha value is -3.95. The highest BCUT2D eigenvalue weighted by Gasteiger charge is 2.35. The lowest BCUT2D eigenvalue weighted by molar-refractivity contribution is -0.123. The monoisotopic (exact) mass is 545 g/mol. The molecular weight excluding hydrogens is 517 g/mol. The van der Waals surface area contributed by atoms with Crippen molar-refractivity contribution in [2.24, 2.45) is 0 Å². The molecule has 0 N–H and O–H groups in total. The molecule has 2 aliphatic rings. The number of imide groups is 1. The number of carbonyl (C=O) groups excluding carboxylic acids is 3. The molecule has 3 aromatic carbocycles. The molecule has 0 radical (unpaired) electrons. The molecule has 2 fully saturated rings. The zero-order valence-corrected chi connectivity index (χ0v) is 22.3. The topological polar surface area (TPSA) is 70.2 Å². The summed E-state index contributed by atoms with van der Waals surface area (Å²) in [6.07, 6.45) is 1.64. The van der Waals surface area contributed by atoms with Crippen LogP contribution in [0.5, 0.6) is 5.75 Å². The fourth-order valence-electron chi connectivity index (χ4n) is 4.60. The Morgan fingerprint density at radius 2 is 1.59 bits per heavy atom. The lowest BCUT2D eigenvalue weighted by Crippen LogP contribution is -2.48. The van der Waals surface area contributed by atoms with Gasteiger partial charge in [-0.2, -0.15) is 0 Å². The van der Waals surface area contributed by atoms with Crippen molar-refractivity contribution in [1.82, 2.24) is 14.7 Å². The minimum atomic E-state index is -0.404. The highest BCUT2D eigenvalue weighted by atomic mass is 32.2. The zero-order valence-electron chi connectivity index (χ0n) is 21.5. The standard InChI is InChI=1S/C30H28FN3O4S/c1-38-26-11-7-21(8-12-26)19-32-13-15-33(16-14-32)28(35)24-4-2-3-23(17-24)18-27-29(36)34(30(37)39-27)20-22-5-9-25(31)10-6-22/h2-12,17-18H,13-16,19-20H2,1H3/b27-18-. The number of amides is 3. The van der Waals surface area contributed by atoms with Crippen molar-refractivity contribution in [3.8, 4) is 5.75 Å². The van der Waals surface area contributed by atoms with E-state index in [4.69, 9.17) is 4.74 Å². The van der Waals surface area contributed by atoms with Crippen LogP contribution in [-0.2, 0) is 17.9 Å². The minimum absolute atomic E-state index is 0.0567. The average molecular weight is 546 g/mol. The number of methoxy groups -OCH3 is 1. The van der Waals surface area contributed by atoms with E-state index in [2.05, 4.69) is 17.0 Å². The molecule has 0 saturated carbocycles. The quantitative estimate of drug-likeness (QED) is 0.388. The Kier molecular flexibility index (Phi) is 8.09. The van der Waals surface area contributed by atoms with Crippen LogP contribution in [0.3, 0.4) is 0 Å². The smallest absolute Gasteiger partial charge is 0.293 e. The van der Waals surface area contributed by atoms with Gasteiger partial charge in [0.2, 0.25) is 0 Å². The molecule has 0 unspecified atom stereocenters. The van der Waals surface area contributed by atoms with Gasteiger partial charge in [-0.05, 0) is 70.9 Å². The van der Waals surface area contributed by atoms with Crippen molar-refractivity contribution < 1.29 is 23.5 Å². The van der Waals surface area contributed by atoms with Crippen molar-refractivity contribution in [3.63, 3.8) is 0 Å². The molecular formula is C30H28FN3O4S. The van der Waals surface area contributed by atoms with Gasteiger partial charge in [0.25, 0.3) is 17.1 Å². The second-order valence-corrected chi connectivity index (χ2v) is 10.4. The highest BCUT2D eigenvalue weighted by molar-refractivity contribution is 8.18. The summed E-state index contributed by atoms with van der Waals surface area (Å²) >= 11 is 0.861. The zero-order chi connectivity index (χ0) is 27.4. The molecule has 5 rings (SSSR count). The van der Waals surface area contributed by atoms with Crippen molar-refractivity contribution >= 4 is 34.9 Å². The highest BCUT2D eigenvalue weighted by Crippen LogP contribution is 2.33. The number of ether oxygens (including phenoxy) is 1. The van der Waals surface area contributed by atoms with Gasteiger partial charge in [0.05, 0.1) is 18.6 Å². The summed E-state index contributed by atoms with van der Waals surface area (Å²) in [6.45, 7) is 3.70. The number of benzene rings is 3. The van der Waals surface area contributed by atoms with Gasteiger partial charge < -0.3 is 9.64 Å². The lowest BCUT2D eigenvalue weighted by atomic mass is 10.1. The van der Waals surface area contributed by atoms with Gasteiger partial charge in [0.15, 0.2) is 0 Å². The van der Waals surface area contributed by atoms with Crippen LogP contribution in [0.15, 0.2) is 77.7 Å². The fraction of sp³-hybridized carbons (Fsp3) is 0.233. The van der Waals surface area contributed by atoms with Crippen LogP contribution < -0.4 is 4.74 Å². The van der Waals surface area contributed by atoms with Crippen molar-refractivity contribution in [1.29, 1.82) is 0 Å². The average Bonchev–Trinajstić information content (AvgIpc) is 3.22. The third kappa shape index (κ3) is 6.38. The molecule has 7 nitrogen and oxygen atoms in total. The first-order chi connectivity index (χ1) is 18.9. The van der Waals surface area contributed by atoms with E-state index < -0.39 is 5.91 Å². The summed E-state index contributed by atoms with van der Waals surface area (Å²) in [6, 6.07) is 20.8. The second-order valence-electron chi connectivity index (χ2n) is 9.44. The Bertz CT molecular complexity index is 1400.